The summed E-state index contributed by atoms with van der Waals surface area (Å²) in [5, 5.41) is 11.2. The molecule has 140 valence electrons. The van der Waals surface area contributed by atoms with Gasteiger partial charge in [-0.2, -0.15) is 0 Å². The van der Waals surface area contributed by atoms with Crippen molar-refractivity contribution in [1.29, 1.82) is 0 Å². The fraction of sp³-hybridized carbons (Fsp3) is 0.261. The first-order valence-corrected chi connectivity index (χ1v) is 9.13. The van der Waals surface area contributed by atoms with E-state index >= 15 is 0 Å². The van der Waals surface area contributed by atoms with Crippen LogP contribution in [-0.2, 0) is 4.79 Å². The standard InChI is InChI=1S/C23H24FNO2/c1-15(2)25-21-7-5-4-6-20(21)23(17-8-10-18(24)11-9-17)22(25)13-12-19(27)14-16(3)26/h4-13,15,19,27H,14H2,1-3H3/b13-12+. The molecule has 3 nitrogen and oxygen atoms in total. The molecule has 0 bridgehead atoms. The van der Waals surface area contributed by atoms with Crippen molar-refractivity contribution < 1.29 is 14.3 Å². The fourth-order valence-corrected chi connectivity index (χ4v) is 3.49. The van der Waals surface area contributed by atoms with Gasteiger partial charge in [0.15, 0.2) is 0 Å². The zero-order chi connectivity index (χ0) is 19.6. The van der Waals surface area contributed by atoms with E-state index in [0.717, 1.165) is 27.7 Å². The monoisotopic (exact) mass is 365 g/mol. The van der Waals surface area contributed by atoms with Crippen molar-refractivity contribution in [3.63, 3.8) is 0 Å². The Bertz CT molecular complexity index is 984. The van der Waals surface area contributed by atoms with Crippen molar-refractivity contribution in [2.45, 2.75) is 39.3 Å². The Morgan fingerprint density at radius 1 is 1.15 bits per heavy atom. The average molecular weight is 365 g/mol. The summed E-state index contributed by atoms with van der Waals surface area (Å²) in [6, 6.07) is 14.7. The molecule has 0 aliphatic carbocycles. The number of rotatable bonds is 6. The Morgan fingerprint density at radius 3 is 2.44 bits per heavy atom. The van der Waals surface area contributed by atoms with Crippen LogP contribution in [0.1, 0.15) is 38.9 Å². The fourth-order valence-electron chi connectivity index (χ4n) is 3.49. The Labute approximate surface area is 158 Å². The number of benzene rings is 2. The molecular weight excluding hydrogens is 341 g/mol. The molecule has 1 aromatic heterocycles. The van der Waals surface area contributed by atoms with E-state index in [1.165, 1.54) is 19.1 Å². The van der Waals surface area contributed by atoms with Gasteiger partial charge >= 0.3 is 0 Å². The number of nitrogens with zero attached hydrogens (tertiary/aromatic N) is 1. The van der Waals surface area contributed by atoms with Gasteiger partial charge in [0.05, 0.1) is 6.10 Å². The van der Waals surface area contributed by atoms with E-state index in [2.05, 4.69) is 30.5 Å². The third kappa shape index (κ3) is 4.01. The smallest absolute Gasteiger partial charge is 0.132 e. The molecule has 0 saturated heterocycles. The van der Waals surface area contributed by atoms with Crippen molar-refractivity contribution in [2.75, 3.05) is 0 Å². The first-order valence-electron chi connectivity index (χ1n) is 9.13. The van der Waals surface area contributed by atoms with E-state index in [4.69, 9.17) is 0 Å². The van der Waals surface area contributed by atoms with Gasteiger partial charge in [-0.15, -0.1) is 0 Å². The summed E-state index contributed by atoms with van der Waals surface area (Å²) in [6.07, 6.45) is 2.78. The Hall–Kier alpha value is -2.72. The molecule has 0 aliphatic rings. The predicted molar refractivity (Wildman–Crippen MR) is 108 cm³/mol. The van der Waals surface area contributed by atoms with Gasteiger partial charge in [0, 0.05) is 34.6 Å². The van der Waals surface area contributed by atoms with Crippen molar-refractivity contribution >= 4 is 22.8 Å². The molecule has 4 heteroatoms. The summed E-state index contributed by atoms with van der Waals surface area (Å²) in [6.45, 7) is 5.67. The number of aromatic nitrogens is 1. The molecule has 3 aromatic rings. The van der Waals surface area contributed by atoms with E-state index in [1.54, 1.807) is 18.2 Å². The lowest BCUT2D eigenvalue weighted by Gasteiger charge is -2.14. The van der Waals surface area contributed by atoms with Crippen molar-refractivity contribution in [3.05, 3.63) is 66.1 Å². The minimum atomic E-state index is -0.831. The number of halogens is 1. The largest absolute Gasteiger partial charge is 0.389 e. The number of carbonyl (C=O) groups excluding carboxylic acids is 1. The van der Waals surface area contributed by atoms with Crippen LogP contribution in [0.3, 0.4) is 0 Å². The SMILES string of the molecule is CC(=O)CC(O)/C=C/c1c(-c2ccc(F)cc2)c2ccccc2n1C(C)C. The van der Waals surface area contributed by atoms with E-state index in [9.17, 15) is 14.3 Å². The first-order chi connectivity index (χ1) is 12.9. The molecule has 0 fully saturated rings. The number of hydrogen-bond donors (Lipinski definition) is 1. The van der Waals surface area contributed by atoms with Crippen LogP contribution in [0.4, 0.5) is 4.39 Å². The lowest BCUT2D eigenvalue weighted by Crippen LogP contribution is -2.08. The molecule has 1 N–H and O–H groups in total. The summed E-state index contributed by atoms with van der Waals surface area (Å²) >= 11 is 0. The molecule has 0 radical (unpaired) electrons. The highest BCUT2D eigenvalue weighted by Gasteiger charge is 2.18. The molecule has 0 saturated carbocycles. The van der Waals surface area contributed by atoms with Crippen LogP contribution in [0, 0.1) is 5.82 Å². The molecular formula is C23H24FNO2. The van der Waals surface area contributed by atoms with Gasteiger partial charge in [0.1, 0.15) is 11.6 Å². The number of aliphatic hydroxyl groups excluding tert-OH is 1. The third-order valence-electron chi connectivity index (χ3n) is 4.57. The maximum Gasteiger partial charge on any atom is 0.132 e. The maximum absolute atomic E-state index is 13.4. The minimum Gasteiger partial charge on any atom is -0.389 e. The summed E-state index contributed by atoms with van der Waals surface area (Å²) in [4.78, 5) is 11.3. The normalized spacial score (nSPS) is 13.0. The zero-order valence-electron chi connectivity index (χ0n) is 15.8. The molecule has 27 heavy (non-hydrogen) atoms. The second-order valence-electron chi connectivity index (χ2n) is 7.08. The van der Waals surface area contributed by atoms with Crippen LogP contribution < -0.4 is 0 Å². The highest BCUT2D eigenvalue weighted by molar-refractivity contribution is 6.01. The Morgan fingerprint density at radius 2 is 1.81 bits per heavy atom. The number of aliphatic hydroxyl groups is 1. The first kappa shape index (κ1) is 19.1. The average Bonchev–Trinajstić information content (AvgIpc) is 2.94. The molecule has 3 rings (SSSR count). The van der Waals surface area contributed by atoms with Gasteiger partial charge in [-0.1, -0.05) is 36.4 Å². The van der Waals surface area contributed by atoms with Gasteiger partial charge in [-0.25, -0.2) is 4.39 Å². The van der Waals surface area contributed by atoms with Crippen LogP contribution in [0.15, 0.2) is 54.6 Å². The summed E-state index contributed by atoms with van der Waals surface area (Å²) in [7, 11) is 0. The van der Waals surface area contributed by atoms with Crippen molar-refractivity contribution in [2.24, 2.45) is 0 Å². The van der Waals surface area contributed by atoms with Gasteiger partial charge in [0.2, 0.25) is 0 Å². The lowest BCUT2D eigenvalue weighted by atomic mass is 10.0. The highest BCUT2D eigenvalue weighted by atomic mass is 19.1. The van der Waals surface area contributed by atoms with Crippen LogP contribution in [-0.4, -0.2) is 21.6 Å². The third-order valence-corrected chi connectivity index (χ3v) is 4.57. The molecule has 0 spiro atoms. The summed E-state index contributed by atoms with van der Waals surface area (Å²) in [5.41, 5.74) is 3.91. The Balaban J connectivity index is 2.24. The van der Waals surface area contributed by atoms with Gasteiger partial charge in [0.25, 0.3) is 0 Å². The number of hydrogen-bond acceptors (Lipinski definition) is 2. The van der Waals surface area contributed by atoms with Gasteiger partial charge < -0.3 is 9.67 Å². The molecule has 1 heterocycles. The van der Waals surface area contributed by atoms with Gasteiger partial charge in [-0.3, -0.25) is 4.79 Å². The van der Waals surface area contributed by atoms with E-state index < -0.39 is 6.10 Å². The second kappa shape index (κ2) is 7.89. The van der Waals surface area contributed by atoms with Gasteiger partial charge in [-0.05, 0) is 50.6 Å². The molecule has 2 aromatic carbocycles. The van der Waals surface area contributed by atoms with Crippen LogP contribution in [0.25, 0.3) is 28.1 Å². The number of carbonyl (C=O) groups is 1. The number of Topliss-reactive ketones (excluding diaryl/α,β-unsaturated/α-hetero) is 1. The van der Waals surface area contributed by atoms with Crippen LogP contribution >= 0.6 is 0 Å². The molecule has 0 amide bonds. The van der Waals surface area contributed by atoms with E-state index in [1.807, 2.05) is 18.2 Å². The van der Waals surface area contributed by atoms with E-state index in [-0.39, 0.29) is 24.1 Å². The topological polar surface area (TPSA) is 42.2 Å². The van der Waals surface area contributed by atoms with Crippen molar-refractivity contribution in [3.8, 4) is 11.1 Å². The van der Waals surface area contributed by atoms with E-state index in [0.29, 0.717) is 0 Å². The summed E-state index contributed by atoms with van der Waals surface area (Å²) in [5.74, 6) is -0.337. The number of para-hydroxylation sites is 1. The highest BCUT2D eigenvalue weighted by Crippen LogP contribution is 2.37. The number of fused-ring (bicyclic) bond motifs is 1. The summed E-state index contributed by atoms with van der Waals surface area (Å²) < 4.78 is 15.6. The minimum absolute atomic E-state index is 0.0599. The molecule has 0 aliphatic heterocycles. The van der Waals surface area contributed by atoms with Crippen LogP contribution in [0.2, 0.25) is 0 Å². The molecule has 1 unspecified atom stereocenters. The Kier molecular flexibility index (Phi) is 5.57. The zero-order valence-corrected chi connectivity index (χ0v) is 15.8. The van der Waals surface area contributed by atoms with Crippen molar-refractivity contribution in [1.82, 2.24) is 4.57 Å². The van der Waals surface area contributed by atoms with Crippen LogP contribution in [0.5, 0.6) is 0 Å². The lowest BCUT2D eigenvalue weighted by molar-refractivity contribution is -0.118. The molecule has 1 atom stereocenters. The predicted octanol–water partition coefficient (Wildman–Crippen LogP) is 5.38. The number of ketones is 1. The quantitative estimate of drug-likeness (QED) is 0.637. The second-order valence-corrected chi connectivity index (χ2v) is 7.08. The maximum atomic E-state index is 13.4.